The van der Waals surface area contributed by atoms with E-state index in [4.69, 9.17) is 5.11 Å². The Hall–Kier alpha value is -0.130. The van der Waals surface area contributed by atoms with Gasteiger partial charge in [0.25, 0.3) is 0 Å². The van der Waals surface area contributed by atoms with E-state index in [2.05, 4.69) is 5.32 Å². The molecule has 2 atom stereocenters. The fraction of sp³-hybridized carbons (Fsp3) is 1.00. The second kappa shape index (κ2) is 4.39. The van der Waals surface area contributed by atoms with Gasteiger partial charge in [-0.3, -0.25) is 0 Å². The zero-order chi connectivity index (χ0) is 9.90. The lowest BCUT2D eigenvalue weighted by Gasteiger charge is -2.23. The highest BCUT2D eigenvalue weighted by Gasteiger charge is 2.24. The van der Waals surface area contributed by atoms with Crippen LogP contribution in [0.2, 0.25) is 0 Å². The van der Waals surface area contributed by atoms with Crippen molar-refractivity contribution in [3.8, 4) is 0 Å². The average Bonchev–Trinajstić information content (AvgIpc) is 1.99. The average molecular weight is 207 g/mol. The SMILES string of the molecule is CC(O)CNC1CCCS(=O)(=O)C1. The largest absolute Gasteiger partial charge is 0.392 e. The van der Waals surface area contributed by atoms with Crippen LogP contribution >= 0.6 is 0 Å². The van der Waals surface area contributed by atoms with Gasteiger partial charge in [-0.05, 0) is 19.8 Å². The molecule has 1 aliphatic heterocycles. The zero-order valence-corrected chi connectivity index (χ0v) is 8.68. The maximum absolute atomic E-state index is 11.2. The molecule has 0 aliphatic carbocycles. The lowest BCUT2D eigenvalue weighted by Crippen LogP contribution is -2.42. The first-order chi connectivity index (χ1) is 5.99. The molecule has 1 aliphatic rings. The van der Waals surface area contributed by atoms with Crippen molar-refractivity contribution in [1.29, 1.82) is 0 Å². The highest BCUT2D eigenvalue weighted by molar-refractivity contribution is 7.91. The molecule has 4 nitrogen and oxygen atoms in total. The Kier molecular flexibility index (Phi) is 3.70. The van der Waals surface area contributed by atoms with E-state index < -0.39 is 15.9 Å². The van der Waals surface area contributed by atoms with E-state index in [0.29, 0.717) is 12.3 Å². The molecular formula is C8H17NO3S. The summed E-state index contributed by atoms with van der Waals surface area (Å²) in [5.74, 6) is 0.541. The summed E-state index contributed by atoms with van der Waals surface area (Å²) in [7, 11) is -2.82. The molecule has 0 bridgehead atoms. The number of aliphatic hydroxyl groups is 1. The van der Waals surface area contributed by atoms with E-state index in [0.717, 1.165) is 12.8 Å². The van der Waals surface area contributed by atoms with Crippen LogP contribution in [0.1, 0.15) is 19.8 Å². The highest BCUT2D eigenvalue weighted by atomic mass is 32.2. The molecule has 0 spiro atoms. The summed E-state index contributed by atoms with van der Waals surface area (Å²) in [6.07, 6.45) is 1.22. The van der Waals surface area contributed by atoms with Crippen LogP contribution in [0, 0.1) is 0 Å². The molecule has 0 amide bonds. The van der Waals surface area contributed by atoms with Gasteiger partial charge >= 0.3 is 0 Å². The van der Waals surface area contributed by atoms with Gasteiger partial charge in [0, 0.05) is 12.6 Å². The molecule has 78 valence electrons. The second-order valence-corrected chi connectivity index (χ2v) is 5.94. The van der Waals surface area contributed by atoms with Gasteiger partial charge in [-0.2, -0.15) is 0 Å². The van der Waals surface area contributed by atoms with Crippen molar-refractivity contribution >= 4 is 9.84 Å². The summed E-state index contributed by atoms with van der Waals surface area (Å²) in [6.45, 7) is 2.16. The van der Waals surface area contributed by atoms with Gasteiger partial charge in [-0.25, -0.2) is 8.42 Å². The van der Waals surface area contributed by atoms with Crippen molar-refractivity contribution in [2.24, 2.45) is 0 Å². The van der Waals surface area contributed by atoms with Crippen molar-refractivity contribution in [3.63, 3.8) is 0 Å². The molecule has 0 aromatic heterocycles. The van der Waals surface area contributed by atoms with Crippen molar-refractivity contribution < 1.29 is 13.5 Å². The van der Waals surface area contributed by atoms with Crippen LogP contribution in [-0.4, -0.2) is 43.7 Å². The van der Waals surface area contributed by atoms with Crippen LogP contribution in [0.4, 0.5) is 0 Å². The van der Waals surface area contributed by atoms with Crippen LogP contribution in [0.5, 0.6) is 0 Å². The first-order valence-corrected chi connectivity index (χ1v) is 6.43. The molecule has 1 saturated heterocycles. The molecular weight excluding hydrogens is 190 g/mol. The van der Waals surface area contributed by atoms with Gasteiger partial charge in [-0.1, -0.05) is 0 Å². The van der Waals surface area contributed by atoms with Gasteiger partial charge in [0.2, 0.25) is 0 Å². The summed E-state index contributed by atoms with van der Waals surface area (Å²) in [6, 6.07) is 0.0355. The summed E-state index contributed by atoms with van der Waals surface area (Å²) in [5.41, 5.74) is 0. The Bertz CT molecular complexity index is 248. The Labute approximate surface area is 79.3 Å². The fourth-order valence-electron chi connectivity index (χ4n) is 1.52. The molecule has 2 unspecified atom stereocenters. The summed E-state index contributed by atoms with van der Waals surface area (Å²) >= 11 is 0. The van der Waals surface area contributed by atoms with Crippen molar-refractivity contribution in [2.75, 3.05) is 18.1 Å². The van der Waals surface area contributed by atoms with E-state index in [1.807, 2.05) is 0 Å². The normalized spacial score (nSPS) is 29.8. The standard InChI is InChI=1S/C8H17NO3S/c1-7(10)5-9-8-3-2-4-13(11,12)6-8/h7-10H,2-6H2,1H3. The lowest BCUT2D eigenvalue weighted by molar-refractivity contribution is 0.186. The van der Waals surface area contributed by atoms with Crippen LogP contribution < -0.4 is 5.32 Å². The minimum Gasteiger partial charge on any atom is -0.392 e. The molecule has 13 heavy (non-hydrogen) atoms. The summed E-state index contributed by atoms with van der Waals surface area (Å²) < 4.78 is 22.4. The molecule has 1 fully saturated rings. The van der Waals surface area contributed by atoms with Crippen LogP contribution in [0.3, 0.4) is 0 Å². The molecule has 0 aromatic rings. The zero-order valence-electron chi connectivity index (χ0n) is 7.86. The summed E-state index contributed by atoms with van der Waals surface area (Å²) in [5, 5.41) is 12.0. The van der Waals surface area contributed by atoms with Gasteiger partial charge < -0.3 is 10.4 Å². The van der Waals surface area contributed by atoms with Crippen molar-refractivity contribution in [3.05, 3.63) is 0 Å². The monoisotopic (exact) mass is 207 g/mol. The van der Waals surface area contributed by atoms with Gasteiger partial charge in [-0.15, -0.1) is 0 Å². The smallest absolute Gasteiger partial charge is 0.151 e. The number of aliphatic hydroxyl groups excluding tert-OH is 1. The number of hydrogen-bond donors (Lipinski definition) is 2. The highest BCUT2D eigenvalue weighted by Crippen LogP contribution is 2.11. The van der Waals surface area contributed by atoms with E-state index in [1.54, 1.807) is 6.92 Å². The van der Waals surface area contributed by atoms with Gasteiger partial charge in [0.1, 0.15) is 0 Å². The molecule has 0 saturated carbocycles. The van der Waals surface area contributed by atoms with E-state index in [9.17, 15) is 8.42 Å². The number of nitrogens with one attached hydrogen (secondary N) is 1. The minimum absolute atomic E-state index is 0.0355. The quantitative estimate of drug-likeness (QED) is 0.657. The Morgan fingerprint density at radius 3 is 2.85 bits per heavy atom. The molecule has 0 radical (unpaired) electrons. The Morgan fingerprint density at radius 1 is 1.62 bits per heavy atom. The Balaban J connectivity index is 2.35. The van der Waals surface area contributed by atoms with E-state index >= 15 is 0 Å². The maximum atomic E-state index is 11.2. The minimum atomic E-state index is -2.82. The lowest BCUT2D eigenvalue weighted by atomic mass is 10.2. The predicted octanol–water partition coefficient (Wildman–Crippen LogP) is -0.466. The summed E-state index contributed by atoms with van der Waals surface area (Å²) in [4.78, 5) is 0. The molecule has 1 rings (SSSR count). The van der Waals surface area contributed by atoms with Gasteiger partial charge in [0.05, 0.1) is 17.6 Å². The van der Waals surface area contributed by atoms with Crippen LogP contribution in [0.15, 0.2) is 0 Å². The third-order valence-corrected chi connectivity index (χ3v) is 3.99. The van der Waals surface area contributed by atoms with Crippen molar-refractivity contribution in [1.82, 2.24) is 5.32 Å². The third kappa shape index (κ3) is 4.06. The van der Waals surface area contributed by atoms with Crippen molar-refractivity contribution in [2.45, 2.75) is 31.9 Å². The number of hydrogen-bond acceptors (Lipinski definition) is 4. The van der Waals surface area contributed by atoms with E-state index in [-0.39, 0.29) is 11.8 Å². The second-order valence-electron chi connectivity index (χ2n) is 3.71. The predicted molar refractivity (Wildman–Crippen MR) is 51.4 cm³/mol. The number of sulfone groups is 1. The van der Waals surface area contributed by atoms with Gasteiger partial charge in [0.15, 0.2) is 9.84 Å². The number of rotatable bonds is 3. The fourth-order valence-corrected chi connectivity index (χ4v) is 3.19. The third-order valence-electron chi connectivity index (χ3n) is 2.16. The Morgan fingerprint density at radius 2 is 2.31 bits per heavy atom. The topological polar surface area (TPSA) is 66.4 Å². The molecule has 1 heterocycles. The molecule has 0 aromatic carbocycles. The maximum Gasteiger partial charge on any atom is 0.151 e. The van der Waals surface area contributed by atoms with Crippen LogP contribution in [-0.2, 0) is 9.84 Å². The van der Waals surface area contributed by atoms with Crippen LogP contribution in [0.25, 0.3) is 0 Å². The van der Waals surface area contributed by atoms with E-state index in [1.165, 1.54) is 0 Å². The first-order valence-electron chi connectivity index (χ1n) is 4.61. The molecule has 5 heteroatoms. The molecule has 2 N–H and O–H groups in total. The first kappa shape index (κ1) is 10.9.